The van der Waals surface area contributed by atoms with Crippen LogP contribution in [0.2, 0.25) is 0 Å². The summed E-state index contributed by atoms with van der Waals surface area (Å²) in [6, 6.07) is 29.8. The molecular weight excluding hydrogens is 640 g/mol. The van der Waals surface area contributed by atoms with E-state index in [-0.39, 0.29) is 44.5 Å². The Balaban J connectivity index is 1.00. The standard InChI is InChI=1S/C43H34N2O6/c1-41(2)22-43(33-16-12-26(46)19-35(33)41)23-42(3,4)36-21-28(14-17-34(36)43)51-27-13-15-31-32(20-27)40(50)45(39(31)49)25-9-7-8-24(18-25)44-37(47)29-10-5-6-11-30(29)38(44)48/h5-21,46H,22-23H2,1-4H3. The first-order valence-electron chi connectivity index (χ1n) is 17.1. The van der Waals surface area contributed by atoms with Crippen molar-refractivity contribution in [1.82, 2.24) is 0 Å². The van der Waals surface area contributed by atoms with Crippen molar-refractivity contribution in [3.8, 4) is 17.2 Å². The molecule has 1 spiro atoms. The molecule has 1 atom stereocenters. The summed E-state index contributed by atoms with van der Waals surface area (Å²) in [5, 5.41) is 10.3. The molecule has 1 N–H and O–H groups in total. The summed E-state index contributed by atoms with van der Waals surface area (Å²) in [6.45, 7) is 9.00. The number of imide groups is 2. The highest BCUT2D eigenvalue weighted by Gasteiger charge is 2.56. The molecule has 2 aliphatic carbocycles. The third-order valence-corrected chi connectivity index (χ3v) is 11.2. The summed E-state index contributed by atoms with van der Waals surface area (Å²) in [6.07, 6.45) is 1.87. The fourth-order valence-corrected chi connectivity index (χ4v) is 9.21. The summed E-state index contributed by atoms with van der Waals surface area (Å²) >= 11 is 0. The second-order valence-corrected chi connectivity index (χ2v) is 15.4. The summed E-state index contributed by atoms with van der Waals surface area (Å²) < 4.78 is 6.37. The number of fused-ring (bicyclic) bond motifs is 6. The van der Waals surface area contributed by atoms with Gasteiger partial charge in [0.2, 0.25) is 0 Å². The van der Waals surface area contributed by atoms with Crippen LogP contribution < -0.4 is 14.5 Å². The van der Waals surface area contributed by atoms with Gasteiger partial charge in [-0.05, 0) is 119 Å². The Kier molecular flexibility index (Phi) is 6.24. The van der Waals surface area contributed by atoms with Gasteiger partial charge in [0, 0.05) is 5.41 Å². The van der Waals surface area contributed by atoms with Crippen LogP contribution in [0.5, 0.6) is 17.2 Å². The zero-order valence-corrected chi connectivity index (χ0v) is 28.6. The number of anilines is 2. The van der Waals surface area contributed by atoms with Gasteiger partial charge >= 0.3 is 0 Å². The fraction of sp³-hybridized carbons (Fsp3) is 0.209. The van der Waals surface area contributed by atoms with E-state index >= 15 is 0 Å². The van der Waals surface area contributed by atoms with Crippen molar-refractivity contribution < 1.29 is 29.0 Å². The van der Waals surface area contributed by atoms with Gasteiger partial charge in [-0.15, -0.1) is 0 Å². The third kappa shape index (κ3) is 4.32. The first-order valence-corrected chi connectivity index (χ1v) is 17.1. The van der Waals surface area contributed by atoms with Gasteiger partial charge in [-0.1, -0.05) is 58.0 Å². The smallest absolute Gasteiger partial charge is 0.266 e. The average Bonchev–Trinajstić information content (AvgIpc) is 3.68. The number of hydrogen-bond acceptors (Lipinski definition) is 6. The molecule has 8 heteroatoms. The largest absolute Gasteiger partial charge is 0.508 e. The predicted molar refractivity (Wildman–Crippen MR) is 192 cm³/mol. The van der Waals surface area contributed by atoms with Crippen molar-refractivity contribution in [1.29, 1.82) is 0 Å². The van der Waals surface area contributed by atoms with Gasteiger partial charge in [0.15, 0.2) is 0 Å². The first-order chi connectivity index (χ1) is 24.3. The molecule has 0 bridgehead atoms. The number of nitrogens with zero attached hydrogens (tertiary/aromatic N) is 2. The molecule has 0 radical (unpaired) electrons. The number of rotatable bonds is 4. The van der Waals surface area contributed by atoms with Gasteiger partial charge in [-0.2, -0.15) is 0 Å². The van der Waals surface area contributed by atoms with E-state index in [1.165, 1.54) is 28.3 Å². The van der Waals surface area contributed by atoms with E-state index in [4.69, 9.17) is 4.74 Å². The van der Waals surface area contributed by atoms with Crippen LogP contribution in [0.3, 0.4) is 0 Å². The zero-order chi connectivity index (χ0) is 35.6. The zero-order valence-electron chi connectivity index (χ0n) is 28.6. The molecule has 51 heavy (non-hydrogen) atoms. The lowest BCUT2D eigenvalue weighted by Gasteiger charge is -2.30. The Hall–Kier alpha value is -6.02. The number of benzene rings is 5. The van der Waals surface area contributed by atoms with Crippen molar-refractivity contribution >= 4 is 35.0 Å². The molecule has 4 aliphatic rings. The SMILES string of the molecule is CC1(C)CC2(CC(C)(C)c3cc(Oc4ccc5c(c4)C(=O)N(c4cccc(N6C(=O)c7ccccc7C6=O)c4)C5=O)ccc32)c2ccc(O)cc21. The van der Waals surface area contributed by atoms with Gasteiger partial charge in [0.05, 0.1) is 33.6 Å². The average molecular weight is 675 g/mol. The Bertz CT molecular complexity index is 2390. The van der Waals surface area contributed by atoms with Crippen LogP contribution in [0, 0.1) is 0 Å². The molecule has 1 unspecified atom stereocenters. The van der Waals surface area contributed by atoms with Crippen molar-refractivity contribution in [2.45, 2.75) is 56.8 Å². The highest BCUT2D eigenvalue weighted by Crippen LogP contribution is 2.63. The summed E-state index contributed by atoms with van der Waals surface area (Å²) in [5.41, 5.74) is 6.09. The van der Waals surface area contributed by atoms with E-state index < -0.39 is 23.6 Å². The monoisotopic (exact) mass is 674 g/mol. The lowest BCUT2D eigenvalue weighted by atomic mass is 9.72. The lowest BCUT2D eigenvalue weighted by molar-refractivity contribution is 0.0912. The first kappa shape index (κ1) is 31.0. The highest BCUT2D eigenvalue weighted by atomic mass is 16.5. The van der Waals surface area contributed by atoms with Crippen LogP contribution in [0.1, 0.15) is 104 Å². The number of phenolic OH excluding ortho intramolecular Hbond substituents is 1. The van der Waals surface area contributed by atoms with Crippen LogP contribution in [0.15, 0.2) is 103 Å². The van der Waals surface area contributed by atoms with Crippen molar-refractivity contribution in [2.75, 3.05) is 9.80 Å². The minimum Gasteiger partial charge on any atom is -0.508 e. The number of carbonyl (C=O) groups excluding carboxylic acids is 4. The fourth-order valence-electron chi connectivity index (χ4n) is 9.21. The Labute approximate surface area is 294 Å². The van der Waals surface area contributed by atoms with Gasteiger partial charge in [0.25, 0.3) is 23.6 Å². The third-order valence-electron chi connectivity index (χ3n) is 11.2. The molecule has 0 saturated carbocycles. The second kappa shape index (κ2) is 10.3. The molecule has 0 fully saturated rings. The van der Waals surface area contributed by atoms with Gasteiger partial charge in [-0.3, -0.25) is 19.2 Å². The molecular formula is C43H34N2O6. The van der Waals surface area contributed by atoms with E-state index in [0.29, 0.717) is 22.6 Å². The second-order valence-electron chi connectivity index (χ2n) is 15.4. The predicted octanol–water partition coefficient (Wildman–Crippen LogP) is 8.43. The van der Waals surface area contributed by atoms with Gasteiger partial charge in [0.1, 0.15) is 17.2 Å². The number of phenols is 1. The number of ether oxygens (including phenoxy) is 1. The maximum absolute atomic E-state index is 13.8. The molecule has 0 aromatic heterocycles. The van der Waals surface area contributed by atoms with Crippen molar-refractivity contribution in [3.63, 3.8) is 0 Å². The van der Waals surface area contributed by atoms with Gasteiger partial charge < -0.3 is 9.84 Å². The normalized spacial score (nSPS) is 20.5. The van der Waals surface area contributed by atoms with E-state index in [1.54, 1.807) is 66.7 Å². The Morgan fingerprint density at radius 2 is 1.00 bits per heavy atom. The molecule has 0 saturated heterocycles. The number of carbonyl (C=O) groups is 4. The van der Waals surface area contributed by atoms with E-state index in [2.05, 4.69) is 45.9 Å². The summed E-state index contributed by atoms with van der Waals surface area (Å²) in [7, 11) is 0. The minimum absolute atomic E-state index is 0.0978. The molecule has 2 heterocycles. The number of hydrogen-bond donors (Lipinski definition) is 1. The molecule has 8 nitrogen and oxygen atoms in total. The minimum atomic E-state index is -0.523. The molecule has 9 rings (SSSR count). The van der Waals surface area contributed by atoms with Crippen LogP contribution in [0.4, 0.5) is 11.4 Å². The Morgan fingerprint density at radius 1 is 0.510 bits per heavy atom. The van der Waals surface area contributed by atoms with Gasteiger partial charge in [-0.25, -0.2) is 9.80 Å². The highest BCUT2D eigenvalue weighted by molar-refractivity contribution is 6.36. The van der Waals surface area contributed by atoms with Crippen LogP contribution >= 0.6 is 0 Å². The maximum atomic E-state index is 13.8. The quantitative estimate of drug-likeness (QED) is 0.192. The van der Waals surface area contributed by atoms with Crippen molar-refractivity contribution in [2.24, 2.45) is 0 Å². The van der Waals surface area contributed by atoms with E-state index in [9.17, 15) is 24.3 Å². The van der Waals surface area contributed by atoms with Crippen LogP contribution in [-0.2, 0) is 16.2 Å². The van der Waals surface area contributed by atoms with Crippen LogP contribution in [0.25, 0.3) is 0 Å². The maximum Gasteiger partial charge on any atom is 0.266 e. The lowest BCUT2D eigenvalue weighted by Crippen LogP contribution is -2.31. The Morgan fingerprint density at radius 3 is 1.61 bits per heavy atom. The summed E-state index contributed by atoms with van der Waals surface area (Å²) in [4.78, 5) is 55.8. The molecule has 2 aliphatic heterocycles. The molecule has 5 aromatic carbocycles. The number of amides is 4. The topological polar surface area (TPSA) is 104 Å². The molecule has 252 valence electrons. The summed E-state index contributed by atoms with van der Waals surface area (Å²) in [5.74, 6) is -0.607. The van der Waals surface area contributed by atoms with Crippen LogP contribution in [-0.4, -0.2) is 28.7 Å². The molecule has 4 amide bonds. The molecule has 5 aromatic rings. The number of aromatic hydroxyl groups is 1. The van der Waals surface area contributed by atoms with E-state index in [1.807, 2.05) is 12.1 Å². The van der Waals surface area contributed by atoms with E-state index in [0.717, 1.165) is 22.6 Å². The van der Waals surface area contributed by atoms with Crippen molar-refractivity contribution in [3.05, 3.63) is 148 Å².